The van der Waals surface area contributed by atoms with Crippen LogP contribution in [-0.2, 0) is 9.59 Å². The molecule has 5 heteroatoms. The highest BCUT2D eigenvalue weighted by Crippen LogP contribution is 2.58. The smallest absolute Gasteiger partial charge is 0.326 e. The molecule has 18 heavy (non-hydrogen) atoms. The highest BCUT2D eigenvalue weighted by molar-refractivity contribution is 5.87. The van der Waals surface area contributed by atoms with Crippen molar-refractivity contribution in [2.24, 2.45) is 17.3 Å². The minimum atomic E-state index is -0.946. The van der Waals surface area contributed by atoms with E-state index in [0.29, 0.717) is 0 Å². The zero-order valence-corrected chi connectivity index (χ0v) is 11.0. The van der Waals surface area contributed by atoms with Crippen molar-refractivity contribution in [3.63, 3.8) is 0 Å². The van der Waals surface area contributed by atoms with Crippen LogP contribution in [0.3, 0.4) is 0 Å². The molecule has 1 heterocycles. The van der Waals surface area contributed by atoms with Crippen LogP contribution in [0.25, 0.3) is 0 Å². The first-order valence-electron chi connectivity index (χ1n) is 6.70. The molecule has 1 aliphatic heterocycles. The average molecular weight is 254 g/mol. The highest BCUT2D eigenvalue weighted by Gasteiger charge is 2.57. The van der Waals surface area contributed by atoms with Crippen LogP contribution in [0.5, 0.6) is 0 Å². The maximum Gasteiger partial charge on any atom is 0.326 e. The third-order valence-corrected chi connectivity index (χ3v) is 4.34. The second-order valence-electron chi connectivity index (χ2n) is 5.94. The standard InChI is InChI=1S/C13H22N2O3/c1-8(2)10(12(17)18)15-11(16)9-7-13(9)3-5-14-6-4-13/h8-10,14H,3-7H2,1-2H3,(H,15,16)(H,17,18)/t9?,10-/m0/s1. The number of amides is 1. The van der Waals surface area contributed by atoms with Gasteiger partial charge in [-0.15, -0.1) is 0 Å². The van der Waals surface area contributed by atoms with Crippen LogP contribution in [0.15, 0.2) is 0 Å². The van der Waals surface area contributed by atoms with Gasteiger partial charge in [0.2, 0.25) is 5.91 Å². The van der Waals surface area contributed by atoms with E-state index in [1.54, 1.807) is 0 Å². The molecule has 2 rings (SSSR count). The lowest BCUT2D eigenvalue weighted by molar-refractivity contribution is -0.143. The van der Waals surface area contributed by atoms with E-state index < -0.39 is 12.0 Å². The van der Waals surface area contributed by atoms with Gasteiger partial charge in [-0.1, -0.05) is 13.8 Å². The number of aliphatic carboxylic acids is 1. The molecule has 2 aliphatic rings. The molecule has 5 nitrogen and oxygen atoms in total. The van der Waals surface area contributed by atoms with E-state index in [1.807, 2.05) is 13.8 Å². The summed E-state index contributed by atoms with van der Waals surface area (Å²) in [5, 5.41) is 15.1. The molecular weight excluding hydrogens is 232 g/mol. The largest absolute Gasteiger partial charge is 0.480 e. The monoisotopic (exact) mass is 254 g/mol. The van der Waals surface area contributed by atoms with Gasteiger partial charge in [-0.05, 0) is 43.7 Å². The number of rotatable bonds is 4. The van der Waals surface area contributed by atoms with Crippen LogP contribution in [0.4, 0.5) is 0 Å². The van der Waals surface area contributed by atoms with Gasteiger partial charge < -0.3 is 15.7 Å². The van der Waals surface area contributed by atoms with Crippen LogP contribution in [0.1, 0.15) is 33.1 Å². The molecule has 3 N–H and O–H groups in total. The van der Waals surface area contributed by atoms with Gasteiger partial charge >= 0.3 is 5.97 Å². The normalized spacial score (nSPS) is 26.9. The predicted octanol–water partition coefficient (Wildman–Crippen LogP) is 0.601. The Kier molecular flexibility index (Phi) is 3.61. The van der Waals surface area contributed by atoms with Crippen molar-refractivity contribution in [2.45, 2.75) is 39.2 Å². The van der Waals surface area contributed by atoms with Crippen molar-refractivity contribution in [3.05, 3.63) is 0 Å². The third kappa shape index (κ3) is 2.51. The summed E-state index contributed by atoms with van der Waals surface area (Å²) in [7, 11) is 0. The van der Waals surface area contributed by atoms with E-state index in [2.05, 4.69) is 10.6 Å². The molecular formula is C13H22N2O3. The molecule has 1 saturated carbocycles. The Hall–Kier alpha value is -1.10. The minimum absolute atomic E-state index is 0.0280. The SMILES string of the molecule is CC(C)[C@H](NC(=O)C1CC12CCNCC2)C(=O)O. The van der Waals surface area contributed by atoms with E-state index in [9.17, 15) is 9.59 Å². The molecule has 0 aromatic rings. The van der Waals surface area contributed by atoms with Crippen LogP contribution in [0.2, 0.25) is 0 Å². The number of hydrogen-bond donors (Lipinski definition) is 3. The molecule has 1 aliphatic carbocycles. The fourth-order valence-electron chi connectivity index (χ4n) is 2.96. The lowest BCUT2D eigenvalue weighted by atomic mass is 9.91. The van der Waals surface area contributed by atoms with Gasteiger partial charge in [-0.2, -0.15) is 0 Å². The van der Waals surface area contributed by atoms with Crippen molar-refractivity contribution in [2.75, 3.05) is 13.1 Å². The summed E-state index contributed by atoms with van der Waals surface area (Å²) in [6.45, 7) is 5.56. The molecule has 2 atom stereocenters. The Labute approximate surface area is 107 Å². The highest BCUT2D eigenvalue weighted by atomic mass is 16.4. The maximum atomic E-state index is 12.1. The number of hydrogen-bond acceptors (Lipinski definition) is 3. The first-order chi connectivity index (χ1) is 8.46. The molecule has 1 amide bonds. The fraction of sp³-hybridized carbons (Fsp3) is 0.846. The van der Waals surface area contributed by atoms with Gasteiger partial charge in [0, 0.05) is 5.92 Å². The summed E-state index contributed by atoms with van der Waals surface area (Å²) < 4.78 is 0. The Morgan fingerprint density at radius 1 is 1.33 bits per heavy atom. The predicted molar refractivity (Wildman–Crippen MR) is 67.0 cm³/mol. The number of carboxylic acid groups (broad SMARTS) is 1. The van der Waals surface area contributed by atoms with Crippen LogP contribution < -0.4 is 10.6 Å². The zero-order valence-electron chi connectivity index (χ0n) is 11.0. The Morgan fingerprint density at radius 2 is 1.94 bits per heavy atom. The molecule has 0 bridgehead atoms. The van der Waals surface area contributed by atoms with E-state index >= 15 is 0 Å². The third-order valence-electron chi connectivity index (χ3n) is 4.34. The van der Waals surface area contributed by atoms with Gasteiger partial charge in [0.25, 0.3) is 0 Å². The zero-order chi connectivity index (χ0) is 13.3. The first-order valence-corrected chi connectivity index (χ1v) is 6.70. The van der Waals surface area contributed by atoms with Crippen molar-refractivity contribution < 1.29 is 14.7 Å². The Balaban J connectivity index is 1.91. The molecule has 0 radical (unpaired) electrons. The molecule has 102 valence electrons. The topological polar surface area (TPSA) is 78.4 Å². The second kappa shape index (κ2) is 4.88. The first kappa shape index (κ1) is 13.3. The van der Waals surface area contributed by atoms with E-state index in [0.717, 1.165) is 32.4 Å². The number of piperidine rings is 1. The molecule has 1 unspecified atom stereocenters. The van der Waals surface area contributed by atoms with Crippen molar-refractivity contribution in [1.82, 2.24) is 10.6 Å². The van der Waals surface area contributed by atoms with Gasteiger partial charge in [0.15, 0.2) is 0 Å². The van der Waals surface area contributed by atoms with Crippen molar-refractivity contribution in [1.29, 1.82) is 0 Å². The summed E-state index contributed by atoms with van der Waals surface area (Å²) in [6, 6.07) is -0.767. The molecule has 2 fully saturated rings. The molecule has 0 aromatic carbocycles. The summed E-state index contributed by atoms with van der Waals surface area (Å²) >= 11 is 0. The van der Waals surface area contributed by atoms with E-state index in [1.165, 1.54) is 0 Å². The van der Waals surface area contributed by atoms with Crippen LogP contribution >= 0.6 is 0 Å². The summed E-state index contributed by atoms with van der Waals surface area (Å²) in [5.41, 5.74) is 0.162. The van der Waals surface area contributed by atoms with E-state index in [-0.39, 0.29) is 23.2 Å². The summed E-state index contributed by atoms with van der Waals surface area (Å²) in [4.78, 5) is 23.2. The van der Waals surface area contributed by atoms with Gasteiger partial charge in [0.05, 0.1) is 0 Å². The number of nitrogens with one attached hydrogen (secondary N) is 2. The lowest BCUT2D eigenvalue weighted by Crippen LogP contribution is -2.46. The maximum absolute atomic E-state index is 12.1. The summed E-state index contributed by atoms with van der Waals surface area (Å²) in [6.07, 6.45) is 2.99. The number of carbonyl (C=O) groups excluding carboxylic acids is 1. The molecule has 1 saturated heterocycles. The van der Waals surface area contributed by atoms with E-state index in [4.69, 9.17) is 5.11 Å². The quantitative estimate of drug-likeness (QED) is 0.686. The lowest BCUT2D eigenvalue weighted by Gasteiger charge is -2.24. The fourth-order valence-corrected chi connectivity index (χ4v) is 2.96. The van der Waals surface area contributed by atoms with Crippen LogP contribution in [-0.4, -0.2) is 36.1 Å². The Morgan fingerprint density at radius 3 is 2.44 bits per heavy atom. The molecule has 0 aromatic heterocycles. The minimum Gasteiger partial charge on any atom is -0.480 e. The average Bonchev–Trinajstić information content (AvgIpc) is 2.99. The molecule has 1 spiro atoms. The van der Waals surface area contributed by atoms with Gasteiger partial charge in [-0.3, -0.25) is 4.79 Å². The summed E-state index contributed by atoms with van der Waals surface area (Å²) in [5.74, 6) is -1.08. The van der Waals surface area contributed by atoms with Gasteiger partial charge in [0.1, 0.15) is 6.04 Å². The van der Waals surface area contributed by atoms with Crippen molar-refractivity contribution >= 4 is 11.9 Å². The Bertz CT molecular complexity index is 348. The number of carbonyl (C=O) groups is 2. The second-order valence-corrected chi connectivity index (χ2v) is 5.94. The number of carboxylic acids is 1. The van der Waals surface area contributed by atoms with Crippen LogP contribution in [0, 0.1) is 17.3 Å². The van der Waals surface area contributed by atoms with Gasteiger partial charge in [-0.25, -0.2) is 4.79 Å². The van der Waals surface area contributed by atoms with Crippen molar-refractivity contribution in [3.8, 4) is 0 Å².